The number of carbonyl (C=O) groups excluding carboxylic acids is 1. The second-order valence-corrected chi connectivity index (χ2v) is 9.16. The van der Waals surface area contributed by atoms with Gasteiger partial charge in [0.2, 0.25) is 0 Å². The number of ether oxygens (including phenoxy) is 1. The highest BCUT2D eigenvalue weighted by Crippen LogP contribution is 2.34. The van der Waals surface area contributed by atoms with E-state index in [-0.39, 0.29) is 27.0 Å². The van der Waals surface area contributed by atoms with E-state index in [4.69, 9.17) is 16.3 Å². The molecule has 3 aromatic rings. The molecular weight excluding hydrogens is 500 g/mol. The van der Waals surface area contributed by atoms with Crippen LogP contribution in [0.5, 0.6) is 5.75 Å². The van der Waals surface area contributed by atoms with Gasteiger partial charge in [-0.1, -0.05) is 11.6 Å². The fourth-order valence-electron chi connectivity index (χ4n) is 2.81. The predicted molar refractivity (Wildman–Crippen MR) is 119 cm³/mol. The number of aryl methyl sites for hydroxylation is 1. The van der Waals surface area contributed by atoms with Crippen molar-refractivity contribution in [3.63, 3.8) is 0 Å². The zero-order valence-electron chi connectivity index (χ0n) is 17.4. The van der Waals surface area contributed by atoms with Crippen LogP contribution < -0.4 is 14.8 Å². The first kappa shape index (κ1) is 25.3. The van der Waals surface area contributed by atoms with Gasteiger partial charge in [-0.3, -0.25) is 9.52 Å². The van der Waals surface area contributed by atoms with Gasteiger partial charge < -0.3 is 10.1 Å². The molecule has 3 rings (SSSR count). The molecule has 0 spiro atoms. The third kappa shape index (κ3) is 6.39. The fourth-order valence-corrected chi connectivity index (χ4v) is 4.12. The van der Waals surface area contributed by atoms with Crippen molar-refractivity contribution in [2.45, 2.75) is 18.0 Å². The van der Waals surface area contributed by atoms with E-state index >= 15 is 0 Å². The van der Waals surface area contributed by atoms with Crippen LogP contribution in [-0.4, -0.2) is 20.9 Å². The summed E-state index contributed by atoms with van der Waals surface area (Å²) in [5.41, 5.74) is -0.652. The molecule has 2 N–H and O–H groups in total. The van der Waals surface area contributed by atoms with Crippen LogP contribution >= 0.6 is 11.6 Å². The number of anilines is 2. The molecule has 0 saturated heterocycles. The Morgan fingerprint density at radius 2 is 1.71 bits per heavy atom. The molecule has 0 aromatic heterocycles. The van der Waals surface area contributed by atoms with Crippen LogP contribution in [-0.2, 0) is 21.0 Å². The van der Waals surface area contributed by atoms with Gasteiger partial charge in [-0.15, -0.1) is 0 Å². The summed E-state index contributed by atoms with van der Waals surface area (Å²) >= 11 is 5.85. The zero-order chi connectivity index (χ0) is 25.1. The number of amides is 1. The van der Waals surface area contributed by atoms with Gasteiger partial charge >= 0.3 is 6.18 Å². The molecule has 0 heterocycles. The monoisotopic (exact) mass is 516 g/mol. The summed E-state index contributed by atoms with van der Waals surface area (Å²) in [6.07, 6.45) is -4.61. The first-order valence-electron chi connectivity index (χ1n) is 9.53. The second-order valence-electron chi connectivity index (χ2n) is 7.07. The Bertz CT molecular complexity index is 1310. The summed E-state index contributed by atoms with van der Waals surface area (Å²) in [5.74, 6) is -1.10. The quantitative estimate of drug-likeness (QED) is 0.399. The molecule has 34 heavy (non-hydrogen) atoms. The van der Waals surface area contributed by atoms with Gasteiger partial charge in [0.25, 0.3) is 15.9 Å². The van der Waals surface area contributed by atoms with Gasteiger partial charge in [0, 0.05) is 5.69 Å². The minimum Gasteiger partial charge on any atom is -0.483 e. The molecule has 0 radical (unpaired) electrons. The lowest BCUT2D eigenvalue weighted by Crippen LogP contribution is -2.21. The molecule has 6 nitrogen and oxygen atoms in total. The first-order valence-corrected chi connectivity index (χ1v) is 11.4. The maximum Gasteiger partial charge on any atom is 0.416 e. The number of hydrogen-bond donors (Lipinski definition) is 2. The third-order valence-corrected chi connectivity index (χ3v) is 6.19. The molecule has 1 amide bonds. The van der Waals surface area contributed by atoms with Crippen LogP contribution in [0.25, 0.3) is 0 Å². The molecule has 0 saturated carbocycles. The van der Waals surface area contributed by atoms with Crippen LogP contribution in [0.15, 0.2) is 65.6 Å². The Kier molecular flexibility index (Phi) is 7.37. The summed E-state index contributed by atoms with van der Waals surface area (Å²) in [5, 5.41) is 2.17. The Balaban J connectivity index is 1.66. The van der Waals surface area contributed by atoms with Crippen molar-refractivity contribution in [3.05, 3.63) is 82.6 Å². The maximum atomic E-state index is 13.0. The molecular formula is C22H17ClF4N2O4S. The number of nitrogens with one attached hydrogen (secondary N) is 2. The van der Waals surface area contributed by atoms with Crippen molar-refractivity contribution >= 4 is 38.9 Å². The minimum atomic E-state index is -4.61. The van der Waals surface area contributed by atoms with Crippen LogP contribution in [0, 0.1) is 12.7 Å². The lowest BCUT2D eigenvalue weighted by Gasteiger charge is -2.14. The number of carbonyl (C=O) groups is 1. The molecule has 3 aromatic carbocycles. The van der Waals surface area contributed by atoms with E-state index in [1.54, 1.807) is 6.92 Å². The van der Waals surface area contributed by atoms with Crippen LogP contribution in [0.1, 0.15) is 11.1 Å². The Labute approximate surface area is 197 Å². The molecule has 0 fully saturated rings. The van der Waals surface area contributed by atoms with Gasteiger partial charge in [-0.25, -0.2) is 12.8 Å². The standard InChI is InChI=1S/C22H17ClF4N2O4S/c1-13-10-17(34(31,32)29-16-5-3-15(24)4-6-16)7-9-20(13)33-12-21(30)28-19-11-14(22(25,26)27)2-8-18(19)23/h2-11,29H,12H2,1H3,(H,28,30). The summed E-state index contributed by atoms with van der Waals surface area (Å²) in [6, 6.07) is 11.2. The molecule has 0 atom stereocenters. The number of sulfonamides is 1. The summed E-state index contributed by atoms with van der Waals surface area (Å²) < 4.78 is 84.4. The SMILES string of the molecule is Cc1cc(S(=O)(=O)Nc2ccc(F)cc2)ccc1OCC(=O)Nc1cc(C(F)(F)F)ccc1Cl. The van der Waals surface area contributed by atoms with Crippen molar-refractivity contribution in [1.82, 2.24) is 0 Å². The maximum absolute atomic E-state index is 13.0. The van der Waals surface area contributed by atoms with Crippen molar-refractivity contribution in [2.75, 3.05) is 16.6 Å². The molecule has 0 aliphatic heterocycles. The third-order valence-electron chi connectivity index (χ3n) is 4.48. The molecule has 0 aliphatic carbocycles. The van der Waals surface area contributed by atoms with Gasteiger partial charge in [0.15, 0.2) is 6.61 Å². The first-order chi connectivity index (χ1) is 15.8. The van der Waals surface area contributed by atoms with Crippen molar-refractivity contribution in [2.24, 2.45) is 0 Å². The number of rotatable bonds is 7. The van der Waals surface area contributed by atoms with E-state index in [1.165, 1.54) is 30.3 Å². The van der Waals surface area contributed by atoms with Gasteiger partial charge in [0.05, 0.1) is 21.2 Å². The fraction of sp³-hybridized carbons (Fsp3) is 0.136. The number of benzene rings is 3. The highest BCUT2D eigenvalue weighted by atomic mass is 35.5. The van der Waals surface area contributed by atoms with Crippen molar-refractivity contribution < 1.29 is 35.5 Å². The van der Waals surface area contributed by atoms with Crippen molar-refractivity contribution in [3.8, 4) is 5.75 Å². The van der Waals surface area contributed by atoms with E-state index in [9.17, 15) is 30.8 Å². The Morgan fingerprint density at radius 3 is 2.32 bits per heavy atom. The van der Waals surface area contributed by atoms with Crippen LogP contribution in [0.2, 0.25) is 5.02 Å². The second kappa shape index (κ2) is 9.90. The summed E-state index contributed by atoms with van der Waals surface area (Å²) in [6.45, 7) is 0.987. The van der Waals surface area contributed by atoms with E-state index < -0.39 is 40.1 Å². The van der Waals surface area contributed by atoms with E-state index in [2.05, 4.69) is 10.0 Å². The van der Waals surface area contributed by atoms with Crippen LogP contribution in [0.4, 0.5) is 28.9 Å². The number of halogens is 5. The van der Waals surface area contributed by atoms with Crippen molar-refractivity contribution in [1.29, 1.82) is 0 Å². The van der Waals surface area contributed by atoms with E-state index in [1.807, 2.05) is 0 Å². The molecule has 12 heteroatoms. The smallest absolute Gasteiger partial charge is 0.416 e. The Morgan fingerprint density at radius 1 is 1.03 bits per heavy atom. The van der Waals surface area contributed by atoms with Gasteiger partial charge in [0.1, 0.15) is 11.6 Å². The minimum absolute atomic E-state index is 0.0826. The normalized spacial score (nSPS) is 11.7. The zero-order valence-corrected chi connectivity index (χ0v) is 19.0. The van der Waals surface area contributed by atoms with Gasteiger partial charge in [-0.2, -0.15) is 13.2 Å². The molecule has 0 aliphatic rings. The molecule has 180 valence electrons. The molecule has 0 bridgehead atoms. The lowest BCUT2D eigenvalue weighted by molar-refractivity contribution is -0.137. The van der Waals surface area contributed by atoms with Gasteiger partial charge in [-0.05, 0) is 73.2 Å². The van der Waals surface area contributed by atoms with E-state index in [0.29, 0.717) is 11.6 Å². The highest BCUT2D eigenvalue weighted by molar-refractivity contribution is 7.92. The summed E-state index contributed by atoms with van der Waals surface area (Å²) in [4.78, 5) is 12.1. The average Bonchev–Trinajstić information content (AvgIpc) is 2.75. The summed E-state index contributed by atoms with van der Waals surface area (Å²) in [7, 11) is -3.97. The van der Waals surface area contributed by atoms with E-state index in [0.717, 1.165) is 24.3 Å². The largest absolute Gasteiger partial charge is 0.483 e. The highest BCUT2D eigenvalue weighted by Gasteiger charge is 2.31. The average molecular weight is 517 g/mol. The predicted octanol–water partition coefficient (Wildman–Crippen LogP) is 5.62. The number of hydrogen-bond acceptors (Lipinski definition) is 4. The van der Waals surface area contributed by atoms with Crippen LogP contribution in [0.3, 0.4) is 0 Å². The number of alkyl halides is 3. The lowest BCUT2D eigenvalue weighted by atomic mass is 10.2. The molecule has 0 unspecified atom stereocenters. The Hall–Kier alpha value is -3.31. The topological polar surface area (TPSA) is 84.5 Å².